The Bertz CT molecular complexity index is 790. The van der Waals surface area contributed by atoms with Crippen molar-refractivity contribution in [2.75, 3.05) is 13.6 Å². The van der Waals surface area contributed by atoms with E-state index in [0.717, 1.165) is 18.4 Å². The fraction of sp³-hybridized carbons (Fsp3) is 0.300. The van der Waals surface area contributed by atoms with Gasteiger partial charge in [-0.15, -0.1) is 0 Å². The van der Waals surface area contributed by atoms with Crippen molar-refractivity contribution >= 4 is 11.8 Å². The molecule has 0 aromatic heterocycles. The summed E-state index contributed by atoms with van der Waals surface area (Å²) in [6.45, 7) is 0.432. The summed E-state index contributed by atoms with van der Waals surface area (Å²) in [5.41, 5.74) is 4.12. The highest BCUT2D eigenvalue weighted by molar-refractivity contribution is 6.00. The van der Waals surface area contributed by atoms with E-state index in [1.165, 1.54) is 11.1 Å². The Labute approximate surface area is 141 Å². The van der Waals surface area contributed by atoms with Crippen LogP contribution in [-0.4, -0.2) is 36.3 Å². The molecule has 122 valence electrons. The molecule has 0 saturated heterocycles. The smallest absolute Gasteiger partial charge is 0.253 e. The monoisotopic (exact) mass is 320 g/mol. The summed E-state index contributed by atoms with van der Waals surface area (Å²) < 4.78 is 0. The average Bonchev–Trinajstić information content (AvgIpc) is 3.00. The third kappa shape index (κ3) is 2.48. The molecule has 1 atom stereocenters. The van der Waals surface area contributed by atoms with Gasteiger partial charge in [0.15, 0.2) is 0 Å². The Morgan fingerprint density at radius 2 is 1.67 bits per heavy atom. The first-order valence-corrected chi connectivity index (χ1v) is 8.35. The van der Waals surface area contributed by atoms with Crippen LogP contribution in [0.15, 0.2) is 48.5 Å². The Balaban J connectivity index is 1.53. The third-order valence-electron chi connectivity index (χ3n) is 5.08. The number of nitrogens with one attached hydrogen (secondary N) is 1. The van der Waals surface area contributed by atoms with Gasteiger partial charge < -0.3 is 10.2 Å². The number of carbonyl (C=O) groups is 2. The van der Waals surface area contributed by atoms with Crippen molar-refractivity contribution in [1.82, 2.24) is 10.2 Å². The number of carbonyl (C=O) groups excluding carboxylic acids is 2. The fourth-order valence-electron chi connectivity index (χ4n) is 3.84. The van der Waals surface area contributed by atoms with E-state index < -0.39 is 0 Å². The quantitative estimate of drug-likeness (QED) is 0.922. The van der Waals surface area contributed by atoms with Crippen LogP contribution in [0.25, 0.3) is 0 Å². The maximum absolute atomic E-state index is 12.9. The number of likely N-dealkylation sites (N-methyl/N-ethyl adjacent to an activating group) is 1. The van der Waals surface area contributed by atoms with Gasteiger partial charge in [0.1, 0.15) is 0 Å². The van der Waals surface area contributed by atoms with Crippen LogP contribution in [0.3, 0.4) is 0 Å². The molecule has 2 amide bonds. The van der Waals surface area contributed by atoms with Crippen molar-refractivity contribution in [2.45, 2.75) is 24.8 Å². The van der Waals surface area contributed by atoms with Crippen molar-refractivity contribution in [1.29, 1.82) is 0 Å². The van der Waals surface area contributed by atoms with Gasteiger partial charge >= 0.3 is 0 Å². The molecule has 2 aromatic carbocycles. The Morgan fingerprint density at radius 1 is 1.04 bits per heavy atom. The van der Waals surface area contributed by atoms with Crippen molar-refractivity contribution in [3.63, 3.8) is 0 Å². The molecule has 2 aliphatic rings. The number of rotatable bonds is 2. The minimum atomic E-state index is -0.299. The van der Waals surface area contributed by atoms with Crippen molar-refractivity contribution in [3.05, 3.63) is 70.8 Å². The molecule has 0 saturated carbocycles. The molecule has 4 rings (SSSR count). The number of hydrogen-bond acceptors (Lipinski definition) is 2. The van der Waals surface area contributed by atoms with E-state index >= 15 is 0 Å². The first-order chi connectivity index (χ1) is 11.6. The maximum Gasteiger partial charge on any atom is 0.253 e. The molecule has 0 fully saturated rings. The number of benzene rings is 2. The van der Waals surface area contributed by atoms with Gasteiger partial charge in [-0.3, -0.25) is 9.59 Å². The van der Waals surface area contributed by atoms with E-state index in [1.54, 1.807) is 18.0 Å². The van der Waals surface area contributed by atoms with Crippen LogP contribution < -0.4 is 5.32 Å². The molecule has 2 aromatic rings. The van der Waals surface area contributed by atoms with E-state index in [0.29, 0.717) is 12.1 Å². The van der Waals surface area contributed by atoms with Crippen molar-refractivity contribution in [2.24, 2.45) is 0 Å². The SMILES string of the molecule is CN1CC(C(=O)NC2Cc3ccccc3C2)c2ccccc2C1=O. The van der Waals surface area contributed by atoms with E-state index in [4.69, 9.17) is 0 Å². The minimum absolute atomic E-state index is 0.0112. The van der Waals surface area contributed by atoms with E-state index in [2.05, 4.69) is 17.4 Å². The van der Waals surface area contributed by atoms with Crippen LogP contribution >= 0.6 is 0 Å². The number of fused-ring (bicyclic) bond motifs is 2. The second kappa shape index (κ2) is 5.78. The molecule has 0 bridgehead atoms. The maximum atomic E-state index is 12.9. The molecule has 1 aliphatic heterocycles. The van der Waals surface area contributed by atoms with Crippen LogP contribution in [0.5, 0.6) is 0 Å². The fourth-order valence-corrected chi connectivity index (χ4v) is 3.84. The normalized spacial score (nSPS) is 19.8. The lowest BCUT2D eigenvalue weighted by Crippen LogP contribution is -2.46. The molecule has 1 aliphatic carbocycles. The lowest BCUT2D eigenvalue weighted by atomic mass is 9.88. The van der Waals surface area contributed by atoms with Gasteiger partial charge in [0.05, 0.1) is 5.92 Å². The van der Waals surface area contributed by atoms with Gasteiger partial charge in [0.2, 0.25) is 5.91 Å². The zero-order valence-corrected chi connectivity index (χ0v) is 13.7. The van der Waals surface area contributed by atoms with Gasteiger partial charge in [-0.2, -0.15) is 0 Å². The summed E-state index contributed by atoms with van der Waals surface area (Å²) in [5, 5.41) is 3.19. The lowest BCUT2D eigenvalue weighted by molar-refractivity contribution is -0.123. The molecule has 1 unspecified atom stereocenters. The van der Waals surface area contributed by atoms with Gasteiger partial charge in [0.25, 0.3) is 5.91 Å². The Hall–Kier alpha value is -2.62. The first-order valence-electron chi connectivity index (χ1n) is 8.35. The summed E-state index contributed by atoms with van der Waals surface area (Å²) >= 11 is 0. The Morgan fingerprint density at radius 3 is 2.38 bits per heavy atom. The zero-order chi connectivity index (χ0) is 16.7. The second-order valence-electron chi connectivity index (χ2n) is 6.71. The standard InChI is InChI=1S/C20H20N2O2/c1-22-12-18(16-8-4-5-9-17(16)20(22)24)19(23)21-15-10-13-6-2-3-7-14(13)11-15/h2-9,15,18H,10-12H2,1H3,(H,21,23). The van der Waals surface area contributed by atoms with E-state index in [-0.39, 0.29) is 23.8 Å². The van der Waals surface area contributed by atoms with Crippen LogP contribution in [0.2, 0.25) is 0 Å². The zero-order valence-electron chi connectivity index (χ0n) is 13.7. The first kappa shape index (κ1) is 14.9. The van der Waals surface area contributed by atoms with Crippen LogP contribution in [0.1, 0.15) is 33.0 Å². The highest BCUT2D eigenvalue weighted by atomic mass is 16.2. The topological polar surface area (TPSA) is 49.4 Å². The predicted molar refractivity (Wildman–Crippen MR) is 91.9 cm³/mol. The Kier molecular flexibility index (Phi) is 3.60. The van der Waals surface area contributed by atoms with E-state index in [9.17, 15) is 9.59 Å². The summed E-state index contributed by atoms with van der Waals surface area (Å²) in [6.07, 6.45) is 1.76. The molecule has 1 N–H and O–H groups in total. The number of amides is 2. The molecule has 4 nitrogen and oxygen atoms in total. The largest absolute Gasteiger partial charge is 0.352 e. The summed E-state index contributed by atoms with van der Waals surface area (Å²) in [5.74, 6) is -0.296. The van der Waals surface area contributed by atoms with Crippen molar-refractivity contribution in [3.8, 4) is 0 Å². The highest BCUT2D eigenvalue weighted by Gasteiger charge is 2.34. The lowest BCUT2D eigenvalue weighted by Gasteiger charge is -2.31. The molecule has 0 spiro atoms. The summed E-state index contributed by atoms with van der Waals surface area (Å²) in [6, 6.07) is 15.9. The number of hydrogen-bond donors (Lipinski definition) is 1. The van der Waals surface area contributed by atoms with Crippen molar-refractivity contribution < 1.29 is 9.59 Å². The molecule has 1 heterocycles. The van der Waals surface area contributed by atoms with Crippen LogP contribution in [0, 0.1) is 0 Å². The van der Waals surface area contributed by atoms with Gasteiger partial charge in [-0.05, 0) is 35.6 Å². The molecule has 0 radical (unpaired) electrons. The average molecular weight is 320 g/mol. The number of nitrogens with zero attached hydrogens (tertiary/aromatic N) is 1. The van der Waals surface area contributed by atoms with Gasteiger partial charge in [-0.1, -0.05) is 42.5 Å². The van der Waals surface area contributed by atoms with Crippen LogP contribution in [-0.2, 0) is 17.6 Å². The van der Waals surface area contributed by atoms with Gasteiger partial charge in [0, 0.05) is 25.2 Å². The minimum Gasteiger partial charge on any atom is -0.352 e. The molecule has 4 heteroatoms. The summed E-state index contributed by atoms with van der Waals surface area (Å²) in [7, 11) is 1.75. The predicted octanol–water partition coefficient (Wildman–Crippen LogP) is 2.14. The molecular weight excluding hydrogens is 300 g/mol. The molecular formula is C20H20N2O2. The molecule has 24 heavy (non-hydrogen) atoms. The van der Waals surface area contributed by atoms with E-state index in [1.807, 2.05) is 30.3 Å². The van der Waals surface area contributed by atoms with Crippen LogP contribution in [0.4, 0.5) is 0 Å². The van der Waals surface area contributed by atoms with Gasteiger partial charge in [-0.25, -0.2) is 0 Å². The summed E-state index contributed by atoms with van der Waals surface area (Å²) in [4.78, 5) is 26.8. The highest BCUT2D eigenvalue weighted by Crippen LogP contribution is 2.29. The third-order valence-corrected chi connectivity index (χ3v) is 5.08. The second-order valence-corrected chi connectivity index (χ2v) is 6.71.